The number of carbonyl (C=O) groups excluding carboxylic acids is 1. The number of amides is 1. The van der Waals surface area contributed by atoms with Gasteiger partial charge in [0.15, 0.2) is 0 Å². The lowest BCUT2D eigenvalue weighted by Crippen LogP contribution is -2.14. The molecule has 0 aliphatic heterocycles. The van der Waals surface area contributed by atoms with E-state index in [1.54, 1.807) is 16.8 Å². The zero-order valence-corrected chi connectivity index (χ0v) is 16.4. The Kier molecular flexibility index (Phi) is 5.91. The van der Waals surface area contributed by atoms with Crippen molar-refractivity contribution in [2.45, 2.75) is 26.7 Å². The van der Waals surface area contributed by atoms with Crippen LogP contribution in [0, 0.1) is 13.8 Å². The number of methoxy groups -OCH3 is 1. The van der Waals surface area contributed by atoms with Crippen molar-refractivity contribution in [1.29, 1.82) is 0 Å². The molecule has 0 bridgehead atoms. The first-order chi connectivity index (χ1) is 12.1. The minimum absolute atomic E-state index is 0.164. The quantitative estimate of drug-likeness (QED) is 0.765. The van der Waals surface area contributed by atoms with Crippen LogP contribution in [0.4, 0.5) is 11.4 Å². The molecule has 9 heteroatoms. The van der Waals surface area contributed by atoms with Crippen LogP contribution >= 0.6 is 0 Å². The molecule has 26 heavy (non-hydrogen) atoms. The van der Waals surface area contributed by atoms with E-state index in [2.05, 4.69) is 15.1 Å². The Labute approximate surface area is 153 Å². The third kappa shape index (κ3) is 4.98. The van der Waals surface area contributed by atoms with Gasteiger partial charge in [0.1, 0.15) is 5.75 Å². The average molecular weight is 380 g/mol. The van der Waals surface area contributed by atoms with Crippen molar-refractivity contribution >= 4 is 27.3 Å². The Morgan fingerprint density at radius 2 is 2.00 bits per heavy atom. The summed E-state index contributed by atoms with van der Waals surface area (Å²) in [6.07, 6.45) is 1.94. The molecule has 0 aliphatic rings. The summed E-state index contributed by atoms with van der Waals surface area (Å²) in [6, 6.07) is 4.78. The van der Waals surface area contributed by atoms with Gasteiger partial charge >= 0.3 is 0 Å². The van der Waals surface area contributed by atoms with Crippen LogP contribution in [0.1, 0.15) is 23.4 Å². The maximum absolute atomic E-state index is 12.3. The maximum atomic E-state index is 12.3. The number of carbonyl (C=O) groups is 1. The van der Waals surface area contributed by atoms with Gasteiger partial charge in [-0.2, -0.15) is 5.10 Å². The summed E-state index contributed by atoms with van der Waals surface area (Å²) in [7, 11) is -0.142. The second kappa shape index (κ2) is 7.77. The van der Waals surface area contributed by atoms with Gasteiger partial charge in [0.25, 0.3) is 0 Å². The summed E-state index contributed by atoms with van der Waals surface area (Å²) >= 11 is 0. The normalized spacial score (nSPS) is 11.3. The van der Waals surface area contributed by atoms with Gasteiger partial charge in [-0.3, -0.25) is 14.2 Å². The second-order valence-electron chi connectivity index (χ2n) is 6.11. The van der Waals surface area contributed by atoms with Crippen molar-refractivity contribution in [3.63, 3.8) is 0 Å². The van der Waals surface area contributed by atoms with Crippen molar-refractivity contribution in [3.8, 4) is 5.75 Å². The van der Waals surface area contributed by atoms with E-state index < -0.39 is 10.0 Å². The Morgan fingerprint density at radius 1 is 1.31 bits per heavy atom. The SMILES string of the molecule is COc1ccc(NC(=O)CCc2c(C)nn(C)c2C)cc1NS(C)(=O)=O. The van der Waals surface area contributed by atoms with Gasteiger partial charge in [0, 0.05) is 24.8 Å². The van der Waals surface area contributed by atoms with Crippen molar-refractivity contribution in [2.24, 2.45) is 7.05 Å². The number of nitrogens with one attached hydrogen (secondary N) is 2. The molecule has 0 saturated carbocycles. The largest absolute Gasteiger partial charge is 0.495 e. The van der Waals surface area contributed by atoms with E-state index >= 15 is 0 Å². The lowest BCUT2D eigenvalue weighted by molar-refractivity contribution is -0.116. The predicted molar refractivity (Wildman–Crippen MR) is 101 cm³/mol. The first-order valence-corrected chi connectivity index (χ1v) is 9.94. The number of aromatic nitrogens is 2. The van der Waals surface area contributed by atoms with E-state index in [9.17, 15) is 13.2 Å². The topological polar surface area (TPSA) is 102 Å². The molecule has 1 aromatic heterocycles. The summed E-state index contributed by atoms with van der Waals surface area (Å²) < 4.78 is 32.2. The summed E-state index contributed by atoms with van der Waals surface area (Å²) in [6.45, 7) is 3.90. The van der Waals surface area contributed by atoms with Crippen LogP contribution in [-0.4, -0.2) is 37.5 Å². The first kappa shape index (κ1) is 19.8. The van der Waals surface area contributed by atoms with Gasteiger partial charge in [-0.15, -0.1) is 0 Å². The molecular weight excluding hydrogens is 356 g/mol. The average Bonchev–Trinajstić information content (AvgIpc) is 2.77. The lowest BCUT2D eigenvalue weighted by atomic mass is 10.1. The molecule has 0 atom stereocenters. The van der Waals surface area contributed by atoms with E-state index in [1.165, 1.54) is 13.2 Å². The molecule has 2 aromatic rings. The van der Waals surface area contributed by atoms with Gasteiger partial charge in [0.05, 0.1) is 24.7 Å². The standard InChI is InChI=1S/C17H24N4O4S/c1-11-14(12(2)21(3)19-11)7-9-17(22)18-13-6-8-16(25-4)15(10-13)20-26(5,23)24/h6,8,10,20H,7,9H2,1-5H3,(H,18,22). The van der Waals surface area contributed by atoms with Crippen LogP contribution in [-0.2, 0) is 28.3 Å². The molecule has 142 valence electrons. The molecule has 2 rings (SSSR count). The fraction of sp³-hybridized carbons (Fsp3) is 0.412. The number of hydrogen-bond acceptors (Lipinski definition) is 5. The van der Waals surface area contributed by atoms with Crippen LogP contribution in [0.2, 0.25) is 0 Å². The summed E-state index contributed by atoms with van der Waals surface area (Å²) in [5, 5.41) is 7.12. The number of nitrogens with zero attached hydrogens (tertiary/aromatic N) is 2. The third-order valence-corrected chi connectivity index (χ3v) is 4.63. The number of hydrogen-bond donors (Lipinski definition) is 2. The second-order valence-corrected chi connectivity index (χ2v) is 7.86. The highest BCUT2D eigenvalue weighted by Gasteiger charge is 2.13. The first-order valence-electron chi connectivity index (χ1n) is 8.05. The van der Waals surface area contributed by atoms with Crippen LogP contribution in [0.15, 0.2) is 18.2 Å². The number of rotatable bonds is 7. The number of ether oxygens (including phenoxy) is 1. The molecule has 1 amide bonds. The Balaban J connectivity index is 2.07. The highest BCUT2D eigenvalue weighted by atomic mass is 32.2. The molecule has 0 spiro atoms. The Bertz CT molecular complexity index is 919. The molecule has 1 heterocycles. The van der Waals surface area contributed by atoms with Gasteiger partial charge in [-0.05, 0) is 44.0 Å². The lowest BCUT2D eigenvalue weighted by Gasteiger charge is -2.12. The van der Waals surface area contributed by atoms with E-state index in [0.717, 1.165) is 23.2 Å². The van der Waals surface area contributed by atoms with E-state index in [-0.39, 0.29) is 11.6 Å². The van der Waals surface area contributed by atoms with Crippen LogP contribution in [0.3, 0.4) is 0 Å². The van der Waals surface area contributed by atoms with E-state index in [0.29, 0.717) is 24.3 Å². The molecule has 0 radical (unpaired) electrons. The monoisotopic (exact) mass is 380 g/mol. The fourth-order valence-electron chi connectivity index (χ4n) is 2.71. The molecular formula is C17H24N4O4S. The molecule has 0 fully saturated rings. The minimum Gasteiger partial charge on any atom is -0.495 e. The minimum atomic E-state index is -3.46. The molecule has 8 nitrogen and oxygen atoms in total. The molecule has 2 N–H and O–H groups in total. The number of sulfonamides is 1. The summed E-state index contributed by atoms with van der Waals surface area (Å²) in [5.41, 5.74) is 3.78. The number of benzene rings is 1. The van der Waals surface area contributed by atoms with Crippen molar-refractivity contribution in [1.82, 2.24) is 9.78 Å². The smallest absolute Gasteiger partial charge is 0.229 e. The zero-order chi connectivity index (χ0) is 19.5. The molecule has 0 saturated heterocycles. The molecule has 0 aliphatic carbocycles. The number of aryl methyl sites for hydroxylation is 2. The summed E-state index contributed by atoms with van der Waals surface area (Å²) in [5.74, 6) is 0.207. The molecule has 0 unspecified atom stereocenters. The van der Waals surface area contributed by atoms with Gasteiger partial charge < -0.3 is 10.1 Å². The predicted octanol–water partition coefficient (Wildman–Crippen LogP) is 1.99. The summed E-state index contributed by atoms with van der Waals surface area (Å²) in [4.78, 5) is 12.3. The highest BCUT2D eigenvalue weighted by Crippen LogP contribution is 2.28. The fourth-order valence-corrected chi connectivity index (χ4v) is 3.27. The van der Waals surface area contributed by atoms with E-state index in [4.69, 9.17) is 4.74 Å². The Morgan fingerprint density at radius 3 is 2.54 bits per heavy atom. The van der Waals surface area contributed by atoms with Crippen molar-refractivity contribution in [3.05, 3.63) is 35.2 Å². The van der Waals surface area contributed by atoms with E-state index in [1.807, 2.05) is 20.9 Å². The maximum Gasteiger partial charge on any atom is 0.229 e. The van der Waals surface area contributed by atoms with Gasteiger partial charge in [-0.1, -0.05) is 0 Å². The number of anilines is 2. The zero-order valence-electron chi connectivity index (χ0n) is 15.6. The van der Waals surface area contributed by atoms with Crippen molar-refractivity contribution in [2.75, 3.05) is 23.4 Å². The van der Waals surface area contributed by atoms with Crippen molar-refractivity contribution < 1.29 is 17.9 Å². The molecule has 1 aromatic carbocycles. The Hall–Kier alpha value is -2.55. The van der Waals surface area contributed by atoms with Crippen LogP contribution in [0.5, 0.6) is 5.75 Å². The third-order valence-electron chi connectivity index (χ3n) is 4.04. The van der Waals surface area contributed by atoms with Crippen LogP contribution < -0.4 is 14.8 Å². The highest BCUT2D eigenvalue weighted by molar-refractivity contribution is 7.92. The van der Waals surface area contributed by atoms with Gasteiger partial charge in [-0.25, -0.2) is 8.42 Å². The van der Waals surface area contributed by atoms with Crippen LogP contribution in [0.25, 0.3) is 0 Å². The van der Waals surface area contributed by atoms with Gasteiger partial charge in [0.2, 0.25) is 15.9 Å².